The van der Waals surface area contributed by atoms with Gasteiger partial charge in [0.15, 0.2) is 0 Å². The minimum Gasteiger partial charge on any atom is -0.345 e. The number of aromatic nitrogens is 2. The molecule has 1 amide bonds. The van der Waals surface area contributed by atoms with Crippen molar-refractivity contribution < 1.29 is 22.1 Å². The normalized spacial score (nSPS) is 11.3. The first-order valence-corrected chi connectivity index (χ1v) is 10.5. The standard InChI is InChI=1S/C18H16ClFN4O4S/c1-29(26,27)24(15-4-2-3-14(20)9-15)11-16(25)21-10-17-22-18(23-28-17)12-5-7-13(19)8-6-12/h2-9H,10-11H2,1H3,(H,21,25). The number of anilines is 1. The number of carbonyl (C=O) groups is 1. The molecule has 3 aromatic rings. The number of carbonyl (C=O) groups excluding carboxylic acids is 1. The fourth-order valence-electron chi connectivity index (χ4n) is 2.43. The van der Waals surface area contributed by atoms with Gasteiger partial charge in [-0.3, -0.25) is 9.10 Å². The van der Waals surface area contributed by atoms with Crippen molar-refractivity contribution >= 4 is 33.2 Å². The van der Waals surface area contributed by atoms with Gasteiger partial charge in [-0.1, -0.05) is 22.8 Å². The van der Waals surface area contributed by atoms with Crippen molar-refractivity contribution in [1.82, 2.24) is 15.5 Å². The van der Waals surface area contributed by atoms with E-state index in [0.29, 0.717) is 16.4 Å². The molecule has 0 bridgehead atoms. The molecule has 0 aliphatic carbocycles. The fourth-order valence-corrected chi connectivity index (χ4v) is 3.41. The number of amides is 1. The fraction of sp³-hybridized carbons (Fsp3) is 0.167. The van der Waals surface area contributed by atoms with Gasteiger partial charge in [0.05, 0.1) is 18.5 Å². The summed E-state index contributed by atoms with van der Waals surface area (Å²) in [5, 5.41) is 6.89. The summed E-state index contributed by atoms with van der Waals surface area (Å²) < 4.78 is 43.3. The molecule has 0 aliphatic rings. The number of sulfonamides is 1. The van der Waals surface area contributed by atoms with E-state index in [4.69, 9.17) is 16.1 Å². The van der Waals surface area contributed by atoms with Crippen molar-refractivity contribution in [2.75, 3.05) is 17.1 Å². The molecule has 152 valence electrons. The van der Waals surface area contributed by atoms with Crippen LogP contribution in [0, 0.1) is 5.82 Å². The molecule has 0 radical (unpaired) electrons. The van der Waals surface area contributed by atoms with Gasteiger partial charge >= 0.3 is 0 Å². The van der Waals surface area contributed by atoms with Crippen LogP contribution in [0.2, 0.25) is 5.02 Å². The third-order valence-corrected chi connectivity index (χ3v) is 5.18. The average molecular weight is 439 g/mol. The van der Waals surface area contributed by atoms with E-state index in [-0.39, 0.29) is 18.1 Å². The molecular weight excluding hydrogens is 423 g/mol. The molecule has 1 N–H and O–H groups in total. The first kappa shape index (κ1) is 20.7. The van der Waals surface area contributed by atoms with E-state index >= 15 is 0 Å². The van der Waals surface area contributed by atoms with Crippen LogP contribution in [0.3, 0.4) is 0 Å². The Bertz CT molecular complexity index is 1120. The molecule has 0 fully saturated rings. The van der Waals surface area contributed by atoms with E-state index in [1.54, 1.807) is 24.3 Å². The van der Waals surface area contributed by atoms with Crippen LogP contribution in [0.5, 0.6) is 0 Å². The lowest BCUT2D eigenvalue weighted by molar-refractivity contribution is -0.119. The predicted octanol–water partition coefficient (Wildman–Crippen LogP) is 2.61. The molecule has 11 heteroatoms. The number of nitrogens with zero attached hydrogens (tertiary/aromatic N) is 3. The summed E-state index contributed by atoms with van der Waals surface area (Å²) in [5.74, 6) is -0.772. The van der Waals surface area contributed by atoms with Gasteiger partial charge in [0.1, 0.15) is 12.4 Å². The van der Waals surface area contributed by atoms with Crippen molar-refractivity contribution in [1.29, 1.82) is 0 Å². The summed E-state index contributed by atoms with van der Waals surface area (Å²) in [4.78, 5) is 16.4. The van der Waals surface area contributed by atoms with Crippen molar-refractivity contribution in [3.8, 4) is 11.4 Å². The van der Waals surface area contributed by atoms with Crippen molar-refractivity contribution in [3.63, 3.8) is 0 Å². The summed E-state index contributed by atoms with van der Waals surface area (Å²) in [7, 11) is -3.80. The van der Waals surface area contributed by atoms with Crippen LogP contribution < -0.4 is 9.62 Å². The second-order valence-corrected chi connectivity index (χ2v) is 8.39. The molecule has 0 spiro atoms. The van der Waals surface area contributed by atoms with E-state index in [1.165, 1.54) is 18.2 Å². The lowest BCUT2D eigenvalue weighted by atomic mass is 10.2. The predicted molar refractivity (Wildman–Crippen MR) is 105 cm³/mol. The smallest absolute Gasteiger partial charge is 0.246 e. The van der Waals surface area contributed by atoms with E-state index in [9.17, 15) is 17.6 Å². The second kappa shape index (κ2) is 8.58. The zero-order valence-corrected chi connectivity index (χ0v) is 16.7. The van der Waals surface area contributed by atoms with Crippen LogP contribution in [0.15, 0.2) is 53.1 Å². The van der Waals surface area contributed by atoms with E-state index in [1.807, 2.05) is 0 Å². The largest absolute Gasteiger partial charge is 0.345 e. The van der Waals surface area contributed by atoms with Crippen LogP contribution in [0.25, 0.3) is 11.4 Å². The molecule has 0 unspecified atom stereocenters. The maximum atomic E-state index is 13.4. The molecule has 1 aromatic heterocycles. The molecular formula is C18H16ClFN4O4S. The first-order valence-electron chi connectivity index (χ1n) is 8.31. The van der Waals surface area contributed by atoms with Crippen LogP contribution in [0.1, 0.15) is 5.89 Å². The maximum Gasteiger partial charge on any atom is 0.246 e. The van der Waals surface area contributed by atoms with Gasteiger partial charge < -0.3 is 9.84 Å². The first-order chi connectivity index (χ1) is 13.7. The van der Waals surface area contributed by atoms with Gasteiger partial charge in [0, 0.05) is 10.6 Å². The highest BCUT2D eigenvalue weighted by atomic mass is 35.5. The number of hydrogen-bond acceptors (Lipinski definition) is 6. The van der Waals surface area contributed by atoms with E-state index < -0.39 is 28.3 Å². The van der Waals surface area contributed by atoms with Gasteiger partial charge in [0.2, 0.25) is 27.6 Å². The summed E-state index contributed by atoms with van der Waals surface area (Å²) >= 11 is 5.84. The molecule has 3 rings (SSSR count). The Kier molecular flexibility index (Phi) is 6.14. The molecule has 2 aromatic carbocycles. The number of rotatable bonds is 7. The van der Waals surface area contributed by atoms with Gasteiger partial charge in [-0.05, 0) is 42.5 Å². The molecule has 0 atom stereocenters. The summed E-state index contributed by atoms with van der Waals surface area (Å²) in [6.07, 6.45) is 0.932. The topological polar surface area (TPSA) is 105 Å². The minimum atomic E-state index is -3.80. The third kappa shape index (κ3) is 5.52. The maximum absolute atomic E-state index is 13.4. The Morgan fingerprint density at radius 1 is 1.24 bits per heavy atom. The second-order valence-electron chi connectivity index (χ2n) is 6.04. The zero-order valence-electron chi connectivity index (χ0n) is 15.2. The zero-order chi connectivity index (χ0) is 21.0. The lowest BCUT2D eigenvalue weighted by Crippen LogP contribution is -2.40. The summed E-state index contributed by atoms with van der Waals surface area (Å²) in [6, 6.07) is 11.8. The van der Waals surface area contributed by atoms with Crippen LogP contribution in [-0.2, 0) is 21.4 Å². The minimum absolute atomic E-state index is 0.0467. The highest BCUT2D eigenvalue weighted by Crippen LogP contribution is 2.19. The highest BCUT2D eigenvalue weighted by molar-refractivity contribution is 7.92. The quantitative estimate of drug-likeness (QED) is 0.607. The number of halogens is 2. The third-order valence-electron chi connectivity index (χ3n) is 3.79. The number of hydrogen-bond donors (Lipinski definition) is 1. The van der Waals surface area contributed by atoms with Gasteiger partial charge in [-0.25, -0.2) is 12.8 Å². The average Bonchev–Trinajstić information content (AvgIpc) is 3.13. The summed E-state index contributed by atoms with van der Waals surface area (Å²) in [5.41, 5.74) is 0.732. The Balaban J connectivity index is 1.65. The van der Waals surface area contributed by atoms with Gasteiger partial charge in [-0.2, -0.15) is 4.98 Å². The van der Waals surface area contributed by atoms with Crippen LogP contribution in [-0.4, -0.2) is 37.3 Å². The molecule has 8 nitrogen and oxygen atoms in total. The highest BCUT2D eigenvalue weighted by Gasteiger charge is 2.21. The molecule has 29 heavy (non-hydrogen) atoms. The van der Waals surface area contributed by atoms with Crippen molar-refractivity contribution in [2.24, 2.45) is 0 Å². The van der Waals surface area contributed by atoms with Gasteiger partial charge in [-0.15, -0.1) is 0 Å². The van der Waals surface area contributed by atoms with E-state index in [2.05, 4.69) is 15.5 Å². The summed E-state index contributed by atoms with van der Waals surface area (Å²) in [6.45, 7) is -0.624. The Labute approximate surface area is 171 Å². The van der Waals surface area contributed by atoms with Crippen molar-refractivity contribution in [2.45, 2.75) is 6.54 Å². The Morgan fingerprint density at radius 2 is 1.97 bits per heavy atom. The lowest BCUT2D eigenvalue weighted by Gasteiger charge is -2.21. The van der Waals surface area contributed by atoms with Gasteiger partial charge in [0.25, 0.3) is 0 Å². The number of benzene rings is 2. The molecule has 0 saturated heterocycles. The Hall–Kier alpha value is -2.98. The van der Waals surface area contributed by atoms with Crippen LogP contribution in [0.4, 0.5) is 10.1 Å². The SMILES string of the molecule is CS(=O)(=O)N(CC(=O)NCc1nc(-c2ccc(Cl)cc2)no1)c1cccc(F)c1. The van der Waals surface area contributed by atoms with Crippen LogP contribution >= 0.6 is 11.6 Å². The molecule has 0 saturated carbocycles. The molecule has 0 aliphatic heterocycles. The van der Waals surface area contributed by atoms with E-state index in [0.717, 1.165) is 16.6 Å². The monoisotopic (exact) mass is 438 g/mol. The molecule has 1 heterocycles. The van der Waals surface area contributed by atoms with Crippen molar-refractivity contribution in [3.05, 3.63) is 65.3 Å². The Morgan fingerprint density at radius 3 is 2.62 bits per heavy atom. The number of nitrogens with one attached hydrogen (secondary N) is 1.